The molecule has 0 aliphatic carbocycles. The number of amides is 1. The molecule has 9 heteroatoms. The van der Waals surface area contributed by atoms with E-state index in [4.69, 9.17) is 9.39 Å². The van der Waals surface area contributed by atoms with Crippen molar-refractivity contribution < 1.29 is 23.8 Å². The number of benzene rings is 1. The molecule has 1 N–H and O–H groups in total. The Hall–Kier alpha value is -2.91. The van der Waals surface area contributed by atoms with Crippen LogP contribution >= 0.6 is 0 Å². The number of ether oxygens (including phenoxy) is 1. The van der Waals surface area contributed by atoms with Crippen LogP contribution < -0.4 is 5.32 Å². The molecule has 216 valence electrons. The summed E-state index contributed by atoms with van der Waals surface area (Å²) in [6, 6.07) is 9.01. The summed E-state index contributed by atoms with van der Waals surface area (Å²) in [5.41, 5.74) is 1.15. The molecule has 1 aromatic heterocycles. The maximum absolute atomic E-state index is 13.7. The molecule has 3 rings (SSSR count). The third-order valence-corrected chi connectivity index (χ3v) is 7.40. The van der Waals surface area contributed by atoms with Crippen molar-refractivity contribution in [2.45, 2.75) is 96.5 Å². The Kier molecular flexibility index (Phi) is 13.5. The van der Waals surface area contributed by atoms with Gasteiger partial charge in [0.15, 0.2) is 5.78 Å². The van der Waals surface area contributed by atoms with Crippen molar-refractivity contribution in [3.05, 3.63) is 60.2 Å². The van der Waals surface area contributed by atoms with Crippen LogP contribution in [0.1, 0.15) is 88.2 Å². The van der Waals surface area contributed by atoms with E-state index in [9.17, 15) is 14.4 Å². The fourth-order valence-electron chi connectivity index (χ4n) is 5.16. The van der Waals surface area contributed by atoms with Crippen LogP contribution in [0.15, 0.2) is 48.9 Å². The highest BCUT2D eigenvalue weighted by atomic mass is 16.5. The minimum Gasteiger partial charge on any atom is -0.430 e. The number of rotatable bonds is 17. The highest BCUT2D eigenvalue weighted by molar-refractivity contribution is 6.54. The van der Waals surface area contributed by atoms with Crippen molar-refractivity contribution in [3.63, 3.8) is 0 Å². The monoisotopic (exact) mass is 549 g/mol. The standard InChI is InChI=1S/C31H44BN3O5/c1-4-26(36)13-9-6-10-14-27-21-40-32(22-39-27)25(17-23(2)3)19-30(37)28(18-24-11-7-5-8-12-24)35-31(38)29-20-33-15-16-34-29/h5,7-8,11-12,15-16,20,23,25,27-28H,4,6,9-10,13-14,17-19,21-22H2,1-3H3,(H,35,38)/t25-,27?,28+/m1/s1. The average molecular weight is 550 g/mol. The lowest BCUT2D eigenvalue weighted by Crippen LogP contribution is -2.46. The van der Waals surface area contributed by atoms with Gasteiger partial charge in [-0.05, 0) is 36.6 Å². The van der Waals surface area contributed by atoms with Crippen molar-refractivity contribution in [1.29, 1.82) is 0 Å². The summed E-state index contributed by atoms with van der Waals surface area (Å²) in [6.07, 6.45) is 11.1. The maximum atomic E-state index is 13.7. The first kappa shape index (κ1) is 31.6. The minimum atomic E-state index is -0.691. The second kappa shape index (κ2) is 17.0. The summed E-state index contributed by atoms with van der Waals surface area (Å²) in [5.74, 6) is 0.248. The summed E-state index contributed by atoms with van der Waals surface area (Å²) >= 11 is 0. The lowest BCUT2D eigenvalue weighted by Gasteiger charge is -2.33. The Morgan fingerprint density at radius 3 is 2.55 bits per heavy atom. The zero-order valence-corrected chi connectivity index (χ0v) is 24.2. The number of Topliss-reactive ketones (excluding diaryl/α,β-unsaturated/α-hetero) is 2. The lowest BCUT2D eigenvalue weighted by atomic mass is 9.52. The van der Waals surface area contributed by atoms with E-state index in [1.54, 1.807) is 0 Å². The maximum Gasteiger partial charge on any atom is 0.322 e. The number of carbonyl (C=O) groups excluding carboxylic acids is 3. The van der Waals surface area contributed by atoms with Crippen molar-refractivity contribution in [2.75, 3.05) is 13.1 Å². The summed E-state index contributed by atoms with van der Waals surface area (Å²) in [6.45, 7) is 7.00. The van der Waals surface area contributed by atoms with Gasteiger partial charge in [0, 0.05) is 31.7 Å². The fourth-order valence-corrected chi connectivity index (χ4v) is 5.16. The van der Waals surface area contributed by atoms with E-state index in [-0.39, 0.29) is 30.3 Å². The van der Waals surface area contributed by atoms with Gasteiger partial charge in [-0.1, -0.05) is 70.4 Å². The first-order valence-electron chi connectivity index (χ1n) is 14.7. The van der Waals surface area contributed by atoms with Crippen LogP contribution in [0.2, 0.25) is 5.82 Å². The Balaban J connectivity index is 1.58. The number of carbonyl (C=O) groups is 3. The molecule has 1 saturated heterocycles. The average Bonchev–Trinajstić information content (AvgIpc) is 2.97. The van der Waals surface area contributed by atoms with Crippen molar-refractivity contribution in [1.82, 2.24) is 15.3 Å². The van der Waals surface area contributed by atoms with E-state index in [1.807, 2.05) is 37.3 Å². The van der Waals surface area contributed by atoms with E-state index in [1.165, 1.54) is 18.6 Å². The highest BCUT2D eigenvalue weighted by Crippen LogP contribution is 2.29. The quantitative estimate of drug-likeness (QED) is 0.217. The number of nitrogens with zero attached hydrogens (tertiary/aromatic N) is 2. The molecule has 1 aromatic carbocycles. The van der Waals surface area contributed by atoms with Gasteiger partial charge in [0.25, 0.3) is 5.91 Å². The Morgan fingerprint density at radius 1 is 1.10 bits per heavy atom. The van der Waals surface area contributed by atoms with Crippen LogP contribution in [0.5, 0.6) is 0 Å². The van der Waals surface area contributed by atoms with Gasteiger partial charge in [0.1, 0.15) is 11.5 Å². The van der Waals surface area contributed by atoms with E-state index in [0.717, 1.165) is 37.7 Å². The van der Waals surface area contributed by atoms with Gasteiger partial charge in [-0.3, -0.25) is 19.4 Å². The number of ketones is 2. The predicted molar refractivity (Wildman–Crippen MR) is 156 cm³/mol. The van der Waals surface area contributed by atoms with Crippen LogP contribution in [-0.4, -0.2) is 59.6 Å². The second-order valence-electron chi connectivity index (χ2n) is 11.2. The van der Waals surface area contributed by atoms with Crippen molar-refractivity contribution in [3.8, 4) is 0 Å². The van der Waals surface area contributed by atoms with Crippen molar-refractivity contribution >= 4 is 24.4 Å². The van der Waals surface area contributed by atoms with Crippen LogP contribution in [0.25, 0.3) is 0 Å². The van der Waals surface area contributed by atoms with Gasteiger partial charge in [0.2, 0.25) is 0 Å². The topological polar surface area (TPSA) is 107 Å². The Bertz CT molecular complexity index is 1050. The van der Waals surface area contributed by atoms with Gasteiger partial charge >= 0.3 is 6.92 Å². The SMILES string of the molecule is CCC(=O)CCCCCC1COB([C@@H](CC(=O)[C@H](Cc2ccccc2)NC(=O)c2cnccn2)CC(C)C)CO1. The Morgan fingerprint density at radius 2 is 1.90 bits per heavy atom. The molecular formula is C31H44BN3O5. The van der Waals surface area contributed by atoms with Gasteiger partial charge in [-0.25, -0.2) is 4.98 Å². The number of aromatic nitrogens is 2. The third kappa shape index (κ3) is 10.9. The largest absolute Gasteiger partial charge is 0.430 e. The molecule has 2 heterocycles. The molecule has 1 unspecified atom stereocenters. The van der Waals surface area contributed by atoms with E-state index < -0.39 is 11.9 Å². The van der Waals surface area contributed by atoms with Gasteiger partial charge in [-0.15, -0.1) is 0 Å². The lowest BCUT2D eigenvalue weighted by molar-refractivity contribution is -0.121. The molecule has 2 aromatic rings. The molecule has 1 fully saturated rings. The number of hydrogen-bond acceptors (Lipinski definition) is 7. The molecular weight excluding hydrogens is 505 g/mol. The highest BCUT2D eigenvalue weighted by Gasteiger charge is 2.36. The summed E-state index contributed by atoms with van der Waals surface area (Å²) in [7, 11) is 0. The normalized spacial score (nSPS) is 16.9. The zero-order valence-electron chi connectivity index (χ0n) is 24.2. The smallest absolute Gasteiger partial charge is 0.322 e. The molecule has 1 amide bonds. The first-order chi connectivity index (χ1) is 19.4. The first-order valence-corrected chi connectivity index (χ1v) is 14.7. The molecule has 1 aliphatic heterocycles. The van der Waals surface area contributed by atoms with Crippen molar-refractivity contribution in [2.24, 2.45) is 5.92 Å². The summed E-state index contributed by atoms with van der Waals surface area (Å²) < 4.78 is 12.5. The summed E-state index contributed by atoms with van der Waals surface area (Å²) in [4.78, 5) is 46.2. The molecule has 3 atom stereocenters. The molecule has 1 aliphatic rings. The van der Waals surface area contributed by atoms with Gasteiger partial charge < -0.3 is 14.7 Å². The third-order valence-electron chi connectivity index (χ3n) is 7.40. The molecule has 0 spiro atoms. The van der Waals surface area contributed by atoms with E-state index in [0.29, 0.717) is 50.5 Å². The molecule has 0 radical (unpaired) electrons. The molecule has 0 bridgehead atoms. The second-order valence-corrected chi connectivity index (χ2v) is 11.2. The van der Waals surface area contributed by atoms with Crippen LogP contribution in [0.3, 0.4) is 0 Å². The van der Waals surface area contributed by atoms with Crippen LogP contribution in [0.4, 0.5) is 0 Å². The zero-order chi connectivity index (χ0) is 28.7. The molecule has 8 nitrogen and oxygen atoms in total. The van der Waals surface area contributed by atoms with Crippen LogP contribution in [-0.2, 0) is 25.4 Å². The minimum absolute atomic E-state index is 0.0137. The van der Waals surface area contributed by atoms with Gasteiger partial charge in [-0.2, -0.15) is 0 Å². The van der Waals surface area contributed by atoms with E-state index >= 15 is 0 Å². The number of hydrogen-bond donors (Lipinski definition) is 1. The predicted octanol–water partition coefficient (Wildman–Crippen LogP) is 5.07. The number of nitrogens with one attached hydrogen (secondary N) is 1. The fraction of sp³-hybridized carbons (Fsp3) is 0.581. The molecule has 40 heavy (non-hydrogen) atoms. The molecule has 0 saturated carbocycles. The van der Waals surface area contributed by atoms with Crippen LogP contribution in [0, 0.1) is 5.92 Å². The summed E-state index contributed by atoms with van der Waals surface area (Å²) in [5, 5.41) is 2.91. The van der Waals surface area contributed by atoms with E-state index in [2.05, 4.69) is 29.1 Å². The van der Waals surface area contributed by atoms with Gasteiger partial charge in [0.05, 0.1) is 31.5 Å². The number of unbranched alkanes of at least 4 members (excludes halogenated alkanes) is 2. The Labute approximate surface area is 239 Å².